The second kappa shape index (κ2) is 15.4. The lowest BCUT2D eigenvalue weighted by molar-refractivity contribution is -0.335. The van der Waals surface area contributed by atoms with Gasteiger partial charge in [-0.3, -0.25) is 14.9 Å². The second-order valence-electron chi connectivity index (χ2n) is 13.4. The van der Waals surface area contributed by atoms with Crippen molar-refractivity contribution in [1.82, 2.24) is 41.2 Å². The first kappa shape index (κ1) is 36.3. The molecule has 1 fully saturated rings. The third-order valence-corrected chi connectivity index (χ3v) is 8.79. The number of rotatable bonds is 13. The van der Waals surface area contributed by atoms with Gasteiger partial charge in [0.15, 0.2) is 29.8 Å². The van der Waals surface area contributed by atoms with Gasteiger partial charge in [-0.2, -0.15) is 0 Å². The van der Waals surface area contributed by atoms with Crippen LogP contribution < -0.4 is 30.7 Å². The maximum Gasteiger partial charge on any atom is 0.407 e. The number of ether oxygens (including phenoxy) is 5. The Morgan fingerprint density at radius 3 is 1.62 bits per heavy atom. The number of H-pyrrole nitrogens is 2. The molecule has 6 N–H and O–H groups in total. The summed E-state index contributed by atoms with van der Waals surface area (Å²) in [6, 6.07) is 9.03. The highest BCUT2D eigenvalue weighted by Gasteiger charge is 2.31. The van der Waals surface area contributed by atoms with Crippen LogP contribution in [0.3, 0.4) is 0 Å². The zero-order chi connectivity index (χ0) is 37.1. The van der Waals surface area contributed by atoms with Gasteiger partial charge in [0.25, 0.3) is 0 Å². The number of fused-ring (bicyclic) bond motifs is 2. The Balaban J connectivity index is 1.09. The van der Waals surface area contributed by atoms with Gasteiger partial charge in [-0.1, -0.05) is 27.7 Å². The van der Waals surface area contributed by atoms with Crippen molar-refractivity contribution in [2.75, 3.05) is 13.9 Å². The molecule has 1 saturated heterocycles. The molecule has 16 heteroatoms. The van der Waals surface area contributed by atoms with Gasteiger partial charge in [-0.15, -0.1) is 0 Å². The van der Waals surface area contributed by atoms with Crippen LogP contribution in [0.1, 0.15) is 65.3 Å². The summed E-state index contributed by atoms with van der Waals surface area (Å²) in [5.74, 6) is 2.62. The summed E-state index contributed by atoms with van der Waals surface area (Å²) in [6.45, 7) is 11.4. The number of hydrogen-bond acceptors (Lipinski definition) is 11. The van der Waals surface area contributed by atoms with Crippen LogP contribution in [0.2, 0.25) is 0 Å². The summed E-state index contributed by atoms with van der Waals surface area (Å²) in [5.41, 5.74) is 3.10. The molecular weight excluding hydrogens is 672 g/mol. The van der Waals surface area contributed by atoms with Gasteiger partial charge in [0.1, 0.15) is 17.7 Å². The number of imidazole rings is 2. The van der Waals surface area contributed by atoms with Crippen LogP contribution in [0.25, 0.3) is 22.5 Å². The third-order valence-electron chi connectivity index (χ3n) is 8.79. The van der Waals surface area contributed by atoms with Crippen molar-refractivity contribution in [3.05, 3.63) is 60.4 Å². The van der Waals surface area contributed by atoms with Crippen molar-refractivity contribution in [2.45, 2.75) is 72.1 Å². The molecule has 2 aromatic carbocycles. The fourth-order valence-corrected chi connectivity index (χ4v) is 5.74. The van der Waals surface area contributed by atoms with E-state index in [0.29, 0.717) is 34.6 Å². The minimum Gasteiger partial charge on any atom is -0.453 e. The smallest absolute Gasteiger partial charge is 0.407 e. The first-order valence-corrected chi connectivity index (χ1v) is 17.1. The Labute approximate surface area is 300 Å². The van der Waals surface area contributed by atoms with Gasteiger partial charge in [-0.05, 0) is 62.1 Å². The number of aromatic nitrogens is 4. The maximum absolute atomic E-state index is 13.0. The molecule has 0 radical (unpaired) electrons. The third kappa shape index (κ3) is 8.03. The highest BCUT2D eigenvalue weighted by Crippen LogP contribution is 2.47. The van der Waals surface area contributed by atoms with Crippen LogP contribution >= 0.6 is 0 Å². The molecule has 16 nitrogen and oxygen atoms in total. The van der Waals surface area contributed by atoms with E-state index in [2.05, 4.69) is 45.9 Å². The van der Waals surface area contributed by atoms with Gasteiger partial charge < -0.3 is 49.6 Å². The summed E-state index contributed by atoms with van der Waals surface area (Å²) in [4.78, 5) is 53.2. The molecule has 2 aromatic heterocycles. The van der Waals surface area contributed by atoms with Crippen LogP contribution in [0.5, 0.6) is 23.0 Å². The van der Waals surface area contributed by atoms with E-state index in [1.165, 1.54) is 7.11 Å². The summed E-state index contributed by atoms with van der Waals surface area (Å²) in [7, 11) is 1.25. The lowest BCUT2D eigenvalue weighted by Gasteiger charge is -2.32. The first-order valence-electron chi connectivity index (χ1n) is 17.1. The molecule has 0 unspecified atom stereocenters. The molecule has 2 aliphatic heterocycles. The molecule has 276 valence electrons. The zero-order valence-corrected chi connectivity index (χ0v) is 30.0. The number of nitrogens with zero attached hydrogens (tertiary/aromatic N) is 2. The number of aromatic amines is 2. The standard InChI is InChI=1S/C36H44N8O8/c1-17(2)29(43-35(47)48-7)33(45)39-19(5)31-37-14-23(41-31)21-8-10-25-27(12-21)51-26-11-9-22(13-28(26)52-25)24-15-38-32(42-24)20(6)40-34(46)30(18(3)4)44-36-49-16-50-36/h8-15,17-20,29-30,36,44H,16H2,1-7H3,(H,37,41)(H,38,42)(H,39,45)(H,40,46)(H,43,47)/t19-,20-,29-,30-/m0/s1. The van der Waals surface area contributed by atoms with Gasteiger partial charge in [0, 0.05) is 11.1 Å². The van der Waals surface area contributed by atoms with Crippen LogP contribution in [0.4, 0.5) is 4.79 Å². The molecule has 52 heavy (non-hydrogen) atoms. The molecule has 0 spiro atoms. The number of carbonyl (C=O) groups excluding carboxylic acids is 3. The summed E-state index contributed by atoms with van der Waals surface area (Å²) >= 11 is 0. The predicted octanol–water partition coefficient (Wildman–Crippen LogP) is 5.00. The van der Waals surface area contributed by atoms with Crippen LogP contribution in [-0.4, -0.2) is 70.2 Å². The number of nitrogens with one attached hydrogen (secondary N) is 6. The Bertz CT molecular complexity index is 1920. The number of benzene rings is 2. The van der Waals surface area contributed by atoms with E-state index in [1.807, 2.05) is 71.0 Å². The normalized spacial score (nSPS) is 15.9. The quantitative estimate of drug-likeness (QED) is 0.0957. The van der Waals surface area contributed by atoms with E-state index in [1.54, 1.807) is 19.3 Å². The van der Waals surface area contributed by atoms with Crippen molar-refractivity contribution in [3.63, 3.8) is 0 Å². The SMILES string of the molecule is COC(=O)N[C@H](C(=O)N[C@@H](C)c1ncc(-c2ccc3c(c2)Oc2ccc(-c4cnc([C@H](C)NC(=O)[C@@H](NC5OCO5)C(C)C)[nH]4)cc2O3)[nH]1)C(C)C. The predicted molar refractivity (Wildman–Crippen MR) is 188 cm³/mol. The van der Waals surface area contributed by atoms with Gasteiger partial charge in [-0.25, -0.2) is 14.8 Å². The van der Waals surface area contributed by atoms with Gasteiger partial charge in [0.2, 0.25) is 18.2 Å². The minimum atomic E-state index is -0.768. The molecule has 4 heterocycles. The molecule has 0 bridgehead atoms. The molecule has 0 saturated carbocycles. The Hall–Kier alpha value is -5.45. The number of methoxy groups -OCH3 is 1. The minimum absolute atomic E-state index is 0.0118. The Kier molecular flexibility index (Phi) is 10.8. The van der Waals surface area contributed by atoms with E-state index in [-0.39, 0.29) is 36.5 Å². The Morgan fingerprint density at radius 1 is 0.712 bits per heavy atom. The van der Waals surface area contributed by atoms with Crippen LogP contribution in [0.15, 0.2) is 48.8 Å². The lowest BCUT2D eigenvalue weighted by Crippen LogP contribution is -2.56. The lowest BCUT2D eigenvalue weighted by atomic mass is 10.0. The van der Waals surface area contributed by atoms with Crippen molar-refractivity contribution in [3.8, 4) is 45.5 Å². The van der Waals surface area contributed by atoms with Crippen molar-refractivity contribution < 1.29 is 38.1 Å². The van der Waals surface area contributed by atoms with Crippen molar-refractivity contribution in [2.24, 2.45) is 11.8 Å². The van der Waals surface area contributed by atoms with Crippen LogP contribution in [0, 0.1) is 11.8 Å². The molecule has 3 amide bonds. The fraction of sp³-hybridized carbons (Fsp3) is 0.417. The van der Waals surface area contributed by atoms with Gasteiger partial charge >= 0.3 is 6.09 Å². The molecule has 4 atom stereocenters. The molecule has 2 aliphatic rings. The average Bonchev–Trinajstić information content (AvgIpc) is 3.79. The van der Waals surface area contributed by atoms with E-state index in [9.17, 15) is 14.4 Å². The van der Waals surface area contributed by atoms with E-state index < -0.39 is 30.6 Å². The summed E-state index contributed by atoms with van der Waals surface area (Å²) in [6.07, 6.45) is 2.13. The van der Waals surface area contributed by atoms with E-state index in [0.717, 1.165) is 22.5 Å². The molecule has 0 aliphatic carbocycles. The molecule has 4 aromatic rings. The van der Waals surface area contributed by atoms with Gasteiger partial charge in [0.05, 0.1) is 49.0 Å². The second-order valence-corrected chi connectivity index (χ2v) is 13.4. The maximum atomic E-state index is 13.0. The summed E-state index contributed by atoms with van der Waals surface area (Å²) < 4.78 is 27.6. The van der Waals surface area contributed by atoms with E-state index >= 15 is 0 Å². The summed E-state index contributed by atoms with van der Waals surface area (Å²) in [5, 5.41) is 11.5. The number of amides is 3. The number of carbonyl (C=O) groups is 3. The Morgan fingerprint density at radius 2 is 1.19 bits per heavy atom. The number of hydrogen-bond donors (Lipinski definition) is 6. The molecule has 6 rings (SSSR count). The fourth-order valence-electron chi connectivity index (χ4n) is 5.74. The highest BCUT2D eigenvalue weighted by molar-refractivity contribution is 5.86. The van der Waals surface area contributed by atoms with E-state index in [4.69, 9.17) is 18.9 Å². The highest BCUT2D eigenvalue weighted by atomic mass is 16.9. The van der Waals surface area contributed by atoms with Crippen LogP contribution in [-0.2, 0) is 23.8 Å². The number of alkyl carbamates (subject to hydrolysis) is 1. The zero-order valence-electron chi connectivity index (χ0n) is 30.0. The topological polar surface area (TPSA) is 203 Å². The van der Waals surface area contributed by atoms with Crippen molar-refractivity contribution >= 4 is 17.9 Å². The molecular formula is C36H44N8O8. The largest absolute Gasteiger partial charge is 0.453 e. The van der Waals surface area contributed by atoms with Crippen molar-refractivity contribution in [1.29, 1.82) is 0 Å². The average molecular weight is 717 g/mol. The monoisotopic (exact) mass is 716 g/mol. The first-order chi connectivity index (χ1) is 24.9.